The fraction of sp³-hybridized carbons (Fsp3) is 0.500. The van der Waals surface area contributed by atoms with Crippen LogP contribution in [0.4, 0.5) is 5.95 Å². The summed E-state index contributed by atoms with van der Waals surface area (Å²) >= 11 is 3.93. The molecule has 146 valence electrons. The smallest absolute Gasteiger partial charge is 0.258 e. The molecule has 0 radical (unpaired) electrons. The number of thioether (sulfide) groups is 2. The predicted molar refractivity (Wildman–Crippen MR) is 115 cm³/mol. The van der Waals surface area contributed by atoms with Gasteiger partial charge in [-0.1, -0.05) is 12.1 Å². The Hall–Kier alpha value is -1.22. The molecular formula is C18H24ClN5OS2. The molecule has 2 aliphatic rings. The SMILES string of the molecule is Cl.Cn1nc(C2CCNCC2)nc1NC(=O)c1ccc(C2SCCS2)cc1. The van der Waals surface area contributed by atoms with Crippen LogP contribution in [0, 0.1) is 0 Å². The largest absolute Gasteiger partial charge is 0.317 e. The third-order valence-electron chi connectivity index (χ3n) is 4.78. The average molecular weight is 426 g/mol. The minimum atomic E-state index is -0.143. The predicted octanol–water partition coefficient (Wildman–Crippen LogP) is 3.43. The lowest BCUT2D eigenvalue weighted by molar-refractivity contribution is 0.102. The van der Waals surface area contributed by atoms with E-state index >= 15 is 0 Å². The van der Waals surface area contributed by atoms with Crippen molar-refractivity contribution in [1.29, 1.82) is 0 Å². The highest BCUT2D eigenvalue weighted by Crippen LogP contribution is 2.45. The Bertz CT molecular complexity index is 771. The molecule has 9 heteroatoms. The maximum atomic E-state index is 12.6. The lowest BCUT2D eigenvalue weighted by atomic mass is 9.98. The first-order chi connectivity index (χ1) is 12.7. The van der Waals surface area contributed by atoms with Crippen molar-refractivity contribution in [2.75, 3.05) is 29.9 Å². The Balaban J connectivity index is 0.00000210. The molecule has 1 amide bonds. The highest BCUT2D eigenvalue weighted by atomic mass is 35.5. The highest BCUT2D eigenvalue weighted by molar-refractivity contribution is 8.19. The van der Waals surface area contributed by atoms with E-state index in [4.69, 9.17) is 0 Å². The molecule has 3 heterocycles. The van der Waals surface area contributed by atoms with Crippen LogP contribution in [0.1, 0.15) is 45.1 Å². The number of nitrogens with one attached hydrogen (secondary N) is 2. The number of amides is 1. The molecule has 2 saturated heterocycles. The second-order valence-electron chi connectivity index (χ2n) is 6.59. The van der Waals surface area contributed by atoms with E-state index in [-0.39, 0.29) is 18.3 Å². The summed E-state index contributed by atoms with van der Waals surface area (Å²) in [7, 11) is 1.82. The number of piperidine rings is 1. The Labute approximate surface area is 174 Å². The maximum absolute atomic E-state index is 12.6. The molecular weight excluding hydrogens is 402 g/mol. The van der Waals surface area contributed by atoms with Crippen molar-refractivity contribution in [3.05, 3.63) is 41.2 Å². The van der Waals surface area contributed by atoms with E-state index in [0.29, 0.717) is 22.0 Å². The minimum absolute atomic E-state index is 0. The molecule has 2 fully saturated rings. The highest BCUT2D eigenvalue weighted by Gasteiger charge is 2.22. The zero-order chi connectivity index (χ0) is 17.9. The molecule has 0 atom stereocenters. The van der Waals surface area contributed by atoms with E-state index in [2.05, 4.69) is 32.8 Å². The number of rotatable bonds is 4. The quantitative estimate of drug-likeness (QED) is 0.781. The fourth-order valence-corrected chi connectivity index (χ4v) is 6.14. The van der Waals surface area contributed by atoms with Gasteiger partial charge in [-0.3, -0.25) is 10.1 Å². The van der Waals surface area contributed by atoms with E-state index in [1.165, 1.54) is 17.1 Å². The molecule has 2 aromatic rings. The molecule has 0 bridgehead atoms. The third kappa shape index (κ3) is 4.80. The van der Waals surface area contributed by atoms with Crippen LogP contribution in [0.3, 0.4) is 0 Å². The molecule has 0 spiro atoms. The van der Waals surface area contributed by atoms with E-state index in [1.807, 2.05) is 42.7 Å². The van der Waals surface area contributed by atoms with Crippen LogP contribution in [-0.2, 0) is 7.05 Å². The summed E-state index contributed by atoms with van der Waals surface area (Å²) in [5.41, 5.74) is 1.93. The number of nitrogens with zero attached hydrogens (tertiary/aromatic N) is 3. The lowest BCUT2D eigenvalue weighted by Crippen LogP contribution is -2.27. The van der Waals surface area contributed by atoms with Gasteiger partial charge < -0.3 is 5.32 Å². The standard InChI is InChI=1S/C18H23N5OS2.ClH/c1-23-18(20-15(22-23)12-6-8-19-9-7-12)21-16(24)13-2-4-14(5-3-13)17-25-10-11-26-17;/h2-5,12,17,19H,6-11H2,1H3,(H,20,21,22,24);1H. The maximum Gasteiger partial charge on any atom is 0.258 e. The lowest BCUT2D eigenvalue weighted by Gasteiger charge is -2.19. The summed E-state index contributed by atoms with van der Waals surface area (Å²) in [5.74, 6) is 3.96. The summed E-state index contributed by atoms with van der Waals surface area (Å²) in [5, 5.41) is 10.8. The summed E-state index contributed by atoms with van der Waals surface area (Å²) in [6.45, 7) is 1.99. The molecule has 6 nitrogen and oxygen atoms in total. The average Bonchev–Trinajstić information content (AvgIpc) is 3.33. The van der Waals surface area contributed by atoms with Gasteiger partial charge in [0.25, 0.3) is 5.91 Å². The van der Waals surface area contributed by atoms with Crippen LogP contribution >= 0.6 is 35.9 Å². The molecule has 0 unspecified atom stereocenters. The van der Waals surface area contributed by atoms with Crippen LogP contribution < -0.4 is 10.6 Å². The van der Waals surface area contributed by atoms with Gasteiger partial charge in [0.1, 0.15) is 0 Å². The van der Waals surface area contributed by atoms with Crippen molar-refractivity contribution in [2.24, 2.45) is 7.05 Å². The first-order valence-electron chi connectivity index (χ1n) is 8.97. The molecule has 0 saturated carbocycles. The number of carbonyl (C=O) groups is 1. The Kier molecular flexibility index (Phi) is 7.08. The van der Waals surface area contributed by atoms with Gasteiger partial charge in [0.15, 0.2) is 5.82 Å². The van der Waals surface area contributed by atoms with Crippen LogP contribution in [0.2, 0.25) is 0 Å². The molecule has 4 rings (SSSR count). The van der Waals surface area contributed by atoms with Crippen molar-refractivity contribution < 1.29 is 4.79 Å². The monoisotopic (exact) mass is 425 g/mol. The van der Waals surface area contributed by atoms with Gasteiger partial charge in [-0.25, -0.2) is 4.68 Å². The summed E-state index contributed by atoms with van der Waals surface area (Å²) in [6, 6.07) is 7.91. The number of carbonyl (C=O) groups excluding carboxylic acids is 1. The second-order valence-corrected chi connectivity index (χ2v) is 9.32. The minimum Gasteiger partial charge on any atom is -0.317 e. The third-order valence-corrected chi connectivity index (χ3v) is 7.88. The number of benzene rings is 1. The van der Waals surface area contributed by atoms with Crippen LogP contribution in [-0.4, -0.2) is 45.3 Å². The number of anilines is 1. The van der Waals surface area contributed by atoms with E-state index in [9.17, 15) is 4.79 Å². The molecule has 1 aromatic carbocycles. The summed E-state index contributed by atoms with van der Waals surface area (Å²) < 4.78 is 2.16. The zero-order valence-corrected chi connectivity index (χ0v) is 17.6. The molecule has 2 aliphatic heterocycles. The number of hydrogen-bond donors (Lipinski definition) is 2. The van der Waals surface area contributed by atoms with Crippen LogP contribution in [0.15, 0.2) is 24.3 Å². The second kappa shape index (κ2) is 9.32. The summed E-state index contributed by atoms with van der Waals surface area (Å²) in [4.78, 5) is 17.1. The van der Waals surface area contributed by atoms with Gasteiger partial charge in [0, 0.05) is 30.0 Å². The first kappa shape index (κ1) is 20.5. The number of aryl methyl sites for hydroxylation is 1. The Morgan fingerprint density at radius 1 is 1.19 bits per heavy atom. The first-order valence-corrected chi connectivity index (χ1v) is 11.1. The Morgan fingerprint density at radius 2 is 1.85 bits per heavy atom. The van der Waals surface area contributed by atoms with E-state index in [1.54, 1.807) is 4.68 Å². The summed E-state index contributed by atoms with van der Waals surface area (Å²) in [6.07, 6.45) is 2.08. The molecule has 2 N–H and O–H groups in total. The van der Waals surface area contributed by atoms with Gasteiger partial charge in [-0.2, -0.15) is 10.1 Å². The van der Waals surface area contributed by atoms with Crippen molar-refractivity contribution >= 4 is 47.8 Å². The van der Waals surface area contributed by atoms with Crippen molar-refractivity contribution in [3.8, 4) is 0 Å². The van der Waals surface area contributed by atoms with Crippen LogP contribution in [0.5, 0.6) is 0 Å². The van der Waals surface area contributed by atoms with Crippen molar-refractivity contribution in [2.45, 2.75) is 23.3 Å². The molecule has 1 aromatic heterocycles. The van der Waals surface area contributed by atoms with Crippen LogP contribution in [0.25, 0.3) is 0 Å². The van der Waals surface area contributed by atoms with Gasteiger partial charge in [-0.15, -0.1) is 35.9 Å². The Morgan fingerprint density at radius 3 is 2.52 bits per heavy atom. The molecule has 0 aliphatic carbocycles. The van der Waals surface area contributed by atoms with Gasteiger partial charge in [0.05, 0.1) is 4.58 Å². The topological polar surface area (TPSA) is 71.8 Å². The van der Waals surface area contributed by atoms with E-state index in [0.717, 1.165) is 31.8 Å². The number of hydrogen-bond acceptors (Lipinski definition) is 6. The zero-order valence-electron chi connectivity index (χ0n) is 15.2. The van der Waals surface area contributed by atoms with Gasteiger partial charge in [0.2, 0.25) is 5.95 Å². The van der Waals surface area contributed by atoms with E-state index < -0.39 is 0 Å². The fourth-order valence-electron chi connectivity index (χ4n) is 3.28. The van der Waals surface area contributed by atoms with Crippen molar-refractivity contribution in [3.63, 3.8) is 0 Å². The number of aromatic nitrogens is 3. The molecule has 27 heavy (non-hydrogen) atoms. The van der Waals surface area contributed by atoms with Crippen molar-refractivity contribution in [1.82, 2.24) is 20.1 Å². The number of halogens is 1. The van der Waals surface area contributed by atoms with Gasteiger partial charge in [-0.05, 0) is 43.6 Å². The van der Waals surface area contributed by atoms with Gasteiger partial charge >= 0.3 is 0 Å². The normalized spacial score (nSPS) is 18.3.